The van der Waals surface area contributed by atoms with Crippen molar-refractivity contribution in [3.63, 3.8) is 0 Å². The lowest BCUT2D eigenvalue weighted by Gasteiger charge is -2.15. The molecular weight excluding hydrogens is 332 g/mol. The largest absolute Gasteiger partial charge is 0.332 e. The summed E-state index contributed by atoms with van der Waals surface area (Å²) in [5.41, 5.74) is 3.02. The normalized spacial score (nSPS) is 12.9. The molecule has 2 nitrogen and oxygen atoms in total. The zero-order valence-electron chi connectivity index (χ0n) is 15.1. The number of thiocarbonyl (C=S) groups is 1. The highest BCUT2D eigenvalue weighted by Gasteiger charge is 2.06. The van der Waals surface area contributed by atoms with Crippen LogP contribution in [0.4, 0.5) is 5.69 Å². The fraction of sp³-hybridized carbons (Fsp3) is 0.350. The van der Waals surface area contributed by atoms with Crippen LogP contribution >= 0.6 is 24.0 Å². The Bertz CT molecular complexity index is 618. The van der Waals surface area contributed by atoms with E-state index in [1.165, 1.54) is 5.56 Å². The average molecular weight is 361 g/mol. The third-order valence-electron chi connectivity index (χ3n) is 3.54. The van der Waals surface area contributed by atoms with E-state index in [9.17, 15) is 0 Å². The number of hydrogen-bond donors (Lipinski definition) is 2. The predicted molar refractivity (Wildman–Crippen MR) is 114 cm³/mol. The Kier molecular flexibility index (Phi) is 9.50. The van der Waals surface area contributed by atoms with Gasteiger partial charge in [-0.1, -0.05) is 43.9 Å². The van der Waals surface area contributed by atoms with E-state index in [1.54, 1.807) is 11.8 Å². The fourth-order valence-electron chi connectivity index (χ4n) is 2.19. The van der Waals surface area contributed by atoms with Gasteiger partial charge in [0.1, 0.15) is 0 Å². The smallest absolute Gasteiger partial charge is 0.175 e. The Labute approximate surface area is 156 Å². The summed E-state index contributed by atoms with van der Waals surface area (Å²) in [6.07, 6.45) is 10.7. The zero-order chi connectivity index (χ0) is 17.9. The first kappa shape index (κ1) is 20.5. The van der Waals surface area contributed by atoms with Gasteiger partial charge >= 0.3 is 0 Å². The van der Waals surface area contributed by atoms with Crippen molar-refractivity contribution >= 4 is 34.8 Å². The maximum Gasteiger partial charge on any atom is 0.175 e. The van der Waals surface area contributed by atoms with Crippen molar-refractivity contribution in [2.75, 3.05) is 11.6 Å². The van der Waals surface area contributed by atoms with Gasteiger partial charge in [0.15, 0.2) is 5.11 Å². The first-order valence-electron chi connectivity index (χ1n) is 8.15. The first-order valence-corrected chi connectivity index (χ1v) is 9.78. The molecule has 0 fully saturated rings. The van der Waals surface area contributed by atoms with E-state index in [0.29, 0.717) is 11.0 Å². The van der Waals surface area contributed by atoms with Crippen molar-refractivity contribution in [1.29, 1.82) is 0 Å². The van der Waals surface area contributed by atoms with Gasteiger partial charge in [-0.3, -0.25) is 0 Å². The zero-order valence-corrected chi connectivity index (χ0v) is 16.7. The highest BCUT2D eigenvalue weighted by Crippen LogP contribution is 2.22. The summed E-state index contributed by atoms with van der Waals surface area (Å²) in [5.74, 6) is 0.619. The van der Waals surface area contributed by atoms with E-state index < -0.39 is 0 Å². The van der Waals surface area contributed by atoms with Gasteiger partial charge in [-0.05, 0) is 68.8 Å². The molecule has 4 heteroatoms. The van der Waals surface area contributed by atoms with Gasteiger partial charge in [0, 0.05) is 16.3 Å². The second-order valence-corrected chi connectivity index (χ2v) is 7.10. The molecule has 0 radical (unpaired) electrons. The molecule has 0 saturated carbocycles. The van der Waals surface area contributed by atoms with Gasteiger partial charge in [-0.25, -0.2) is 0 Å². The summed E-state index contributed by atoms with van der Waals surface area (Å²) in [5, 5.41) is 6.95. The number of benzene rings is 1. The van der Waals surface area contributed by atoms with E-state index in [-0.39, 0.29) is 0 Å². The van der Waals surface area contributed by atoms with Gasteiger partial charge < -0.3 is 10.6 Å². The van der Waals surface area contributed by atoms with Gasteiger partial charge in [-0.2, -0.15) is 0 Å². The van der Waals surface area contributed by atoms with Crippen LogP contribution in [0.15, 0.2) is 59.7 Å². The lowest BCUT2D eigenvalue weighted by Crippen LogP contribution is -2.27. The van der Waals surface area contributed by atoms with Gasteiger partial charge in [-0.15, -0.1) is 11.8 Å². The maximum atomic E-state index is 5.39. The summed E-state index contributed by atoms with van der Waals surface area (Å²) < 4.78 is 0. The van der Waals surface area contributed by atoms with Crippen molar-refractivity contribution < 1.29 is 0 Å². The second-order valence-electron chi connectivity index (χ2n) is 5.85. The summed E-state index contributed by atoms with van der Waals surface area (Å²) in [6.45, 7) is 10.5. The predicted octanol–water partition coefficient (Wildman–Crippen LogP) is 6.03. The molecule has 0 aliphatic heterocycles. The minimum Gasteiger partial charge on any atom is -0.332 e. The minimum atomic E-state index is 0.563. The van der Waals surface area contributed by atoms with Gasteiger partial charge in [0.2, 0.25) is 0 Å². The van der Waals surface area contributed by atoms with Crippen LogP contribution in [0.3, 0.4) is 0 Å². The molecule has 0 heterocycles. The van der Waals surface area contributed by atoms with Crippen molar-refractivity contribution in [2.24, 2.45) is 5.92 Å². The Balaban J connectivity index is 2.58. The lowest BCUT2D eigenvalue weighted by molar-refractivity contribution is 0.602. The van der Waals surface area contributed by atoms with Crippen LogP contribution in [-0.2, 0) is 0 Å². The van der Waals surface area contributed by atoms with Crippen LogP contribution < -0.4 is 10.6 Å². The van der Waals surface area contributed by atoms with Crippen LogP contribution in [-0.4, -0.2) is 11.4 Å². The summed E-state index contributed by atoms with van der Waals surface area (Å²) in [4.78, 5) is 1.13. The van der Waals surface area contributed by atoms with Crippen molar-refractivity contribution in [3.8, 4) is 0 Å². The maximum absolute atomic E-state index is 5.39. The molecule has 0 saturated heterocycles. The molecule has 0 bridgehead atoms. The number of nitrogens with one attached hydrogen (secondary N) is 2. The van der Waals surface area contributed by atoms with E-state index in [0.717, 1.165) is 29.1 Å². The quantitative estimate of drug-likeness (QED) is 0.335. The molecule has 130 valence electrons. The van der Waals surface area contributed by atoms with Crippen molar-refractivity contribution in [3.05, 3.63) is 65.2 Å². The average Bonchev–Trinajstić information content (AvgIpc) is 2.53. The molecule has 0 spiro atoms. The number of hydrogen-bond acceptors (Lipinski definition) is 2. The second kappa shape index (κ2) is 11.1. The fourth-order valence-corrected chi connectivity index (χ4v) is 2.99. The highest BCUT2D eigenvalue weighted by molar-refractivity contribution is 8.02. The third kappa shape index (κ3) is 7.84. The Morgan fingerprint density at radius 2 is 2.12 bits per heavy atom. The van der Waals surface area contributed by atoms with Crippen LogP contribution in [0.5, 0.6) is 0 Å². The number of aryl methyl sites for hydroxylation is 1. The van der Waals surface area contributed by atoms with Gasteiger partial charge in [0.05, 0.1) is 0 Å². The topological polar surface area (TPSA) is 24.1 Å². The lowest BCUT2D eigenvalue weighted by atomic mass is 10.0. The Morgan fingerprint density at radius 1 is 1.38 bits per heavy atom. The van der Waals surface area contributed by atoms with Gasteiger partial charge in [0.25, 0.3) is 0 Å². The first-order chi connectivity index (χ1) is 11.5. The van der Waals surface area contributed by atoms with Crippen LogP contribution in [0, 0.1) is 12.8 Å². The van der Waals surface area contributed by atoms with Crippen molar-refractivity contribution in [2.45, 2.75) is 33.6 Å². The molecule has 1 atom stereocenters. The summed E-state index contributed by atoms with van der Waals surface area (Å²) in [6, 6.07) is 8.13. The summed E-state index contributed by atoms with van der Waals surface area (Å²) >= 11 is 7.08. The molecule has 1 aromatic carbocycles. The van der Waals surface area contributed by atoms with E-state index in [4.69, 9.17) is 12.2 Å². The molecule has 24 heavy (non-hydrogen) atoms. The SMILES string of the molecule is C=C(NC(=S)Nc1cccc(C)c1)/C(=C/CC(C)C/C=C\C)SC. The molecular formula is C20H28N2S2. The highest BCUT2D eigenvalue weighted by atomic mass is 32.2. The number of thioether (sulfide) groups is 1. The minimum absolute atomic E-state index is 0.563. The van der Waals surface area contributed by atoms with Crippen LogP contribution in [0.25, 0.3) is 0 Å². The molecule has 0 aliphatic rings. The Morgan fingerprint density at radius 3 is 2.75 bits per heavy atom. The molecule has 2 N–H and O–H groups in total. The number of anilines is 1. The van der Waals surface area contributed by atoms with Crippen LogP contribution in [0.2, 0.25) is 0 Å². The van der Waals surface area contributed by atoms with E-state index >= 15 is 0 Å². The number of allylic oxidation sites excluding steroid dienone is 3. The van der Waals surface area contributed by atoms with Crippen LogP contribution in [0.1, 0.15) is 32.3 Å². The molecule has 0 amide bonds. The van der Waals surface area contributed by atoms with Crippen molar-refractivity contribution in [1.82, 2.24) is 5.32 Å². The van der Waals surface area contributed by atoms with E-state index in [2.05, 4.69) is 74.6 Å². The monoisotopic (exact) mass is 360 g/mol. The molecule has 1 rings (SSSR count). The standard InChI is InChI=1S/C20H28N2S2/c1-6-7-9-15(2)12-13-19(24-5)17(4)21-20(23)22-18-11-8-10-16(3)14-18/h6-8,10-11,13-15H,4,9,12H2,1-3,5H3,(H2,21,22,23)/b7-6-,19-13-. The summed E-state index contributed by atoms with van der Waals surface area (Å²) in [7, 11) is 0. The molecule has 1 aromatic rings. The molecule has 1 unspecified atom stereocenters. The number of rotatable bonds is 8. The Hall–Kier alpha value is -1.52. The molecule has 0 aliphatic carbocycles. The third-order valence-corrected chi connectivity index (χ3v) is 4.59. The molecule has 0 aromatic heterocycles. The van der Waals surface area contributed by atoms with E-state index in [1.807, 2.05) is 12.1 Å².